The van der Waals surface area contributed by atoms with Crippen LogP contribution in [0.4, 0.5) is 0 Å². The second kappa shape index (κ2) is 6.59. The molecule has 2 atom stereocenters. The summed E-state index contributed by atoms with van der Waals surface area (Å²) >= 11 is 7.42. The molecule has 2 saturated heterocycles. The van der Waals surface area contributed by atoms with E-state index in [0.717, 1.165) is 22.8 Å². The van der Waals surface area contributed by atoms with Crippen molar-refractivity contribution in [3.63, 3.8) is 0 Å². The number of halogens is 1. The van der Waals surface area contributed by atoms with Crippen LogP contribution in [-0.2, 0) is 4.79 Å². The van der Waals surface area contributed by atoms with Crippen molar-refractivity contribution in [3.05, 3.63) is 29.3 Å². The lowest BCUT2D eigenvalue weighted by Crippen LogP contribution is -2.49. The first-order chi connectivity index (χ1) is 10.1. The lowest BCUT2D eigenvalue weighted by Gasteiger charge is -2.36. The third-order valence-corrected chi connectivity index (χ3v) is 5.91. The standard InChI is InChI=1S/C16H21ClN2OS/c1-19-13-4-5-14(19)9-12(8-13)18-16(20)10-21-15-6-2-11(17)3-7-15/h2-3,6-7,12-14H,4-5,8-10H2,1H3,(H,18,20)/t13-,14-/m1/s1. The summed E-state index contributed by atoms with van der Waals surface area (Å²) in [6.07, 6.45) is 4.77. The van der Waals surface area contributed by atoms with Gasteiger partial charge in [-0.15, -0.1) is 11.8 Å². The molecule has 0 unspecified atom stereocenters. The predicted molar refractivity (Wildman–Crippen MR) is 87.9 cm³/mol. The predicted octanol–water partition coefficient (Wildman–Crippen LogP) is 3.17. The van der Waals surface area contributed by atoms with Crippen LogP contribution in [0.5, 0.6) is 0 Å². The number of hydrogen-bond donors (Lipinski definition) is 1. The fourth-order valence-corrected chi connectivity index (χ4v) is 4.31. The van der Waals surface area contributed by atoms with Crippen molar-refractivity contribution in [2.24, 2.45) is 0 Å². The molecule has 1 aromatic rings. The molecule has 3 nitrogen and oxygen atoms in total. The van der Waals surface area contributed by atoms with E-state index in [1.165, 1.54) is 12.8 Å². The number of nitrogens with one attached hydrogen (secondary N) is 1. The number of carbonyl (C=O) groups is 1. The van der Waals surface area contributed by atoms with Crippen LogP contribution in [-0.4, -0.2) is 41.7 Å². The molecule has 114 valence electrons. The largest absolute Gasteiger partial charge is 0.353 e. The van der Waals surface area contributed by atoms with Crippen molar-refractivity contribution >= 4 is 29.3 Å². The summed E-state index contributed by atoms with van der Waals surface area (Å²) in [5.41, 5.74) is 0. The van der Waals surface area contributed by atoms with Crippen molar-refractivity contribution in [1.82, 2.24) is 10.2 Å². The number of piperidine rings is 1. The van der Waals surface area contributed by atoms with Gasteiger partial charge in [-0.25, -0.2) is 0 Å². The zero-order valence-corrected chi connectivity index (χ0v) is 13.8. The van der Waals surface area contributed by atoms with Crippen molar-refractivity contribution in [2.75, 3.05) is 12.8 Å². The molecule has 3 rings (SSSR count). The molecule has 5 heteroatoms. The molecule has 0 saturated carbocycles. The zero-order chi connectivity index (χ0) is 14.8. The Bertz CT molecular complexity index is 494. The van der Waals surface area contributed by atoms with Crippen molar-refractivity contribution < 1.29 is 4.79 Å². The summed E-state index contributed by atoms with van der Waals surface area (Å²) in [6.45, 7) is 0. The van der Waals surface area contributed by atoms with Crippen LogP contribution in [0.25, 0.3) is 0 Å². The van der Waals surface area contributed by atoms with Crippen LogP contribution in [0.15, 0.2) is 29.2 Å². The lowest BCUT2D eigenvalue weighted by atomic mass is 9.98. The Morgan fingerprint density at radius 3 is 2.52 bits per heavy atom. The summed E-state index contributed by atoms with van der Waals surface area (Å²) in [5, 5.41) is 3.94. The average molecular weight is 325 g/mol. The maximum atomic E-state index is 12.1. The van der Waals surface area contributed by atoms with E-state index in [-0.39, 0.29) is 5.91 Å². The number of rotatable bonds is 4. The molecule has 0 spiro atoms. The highest BCUT2D eigenvalue weighted by Gasteiger charge is 2.38. The van der Waals surface area contributed by atoms with E-state index in [9.17, 15) is 4.79 Å². The van der Waals surface area contributed by atoms with E-state index < -0.39 is 0 Å². The Hall–Kier alpha value is -0.710. The average Bonchev–Trinajstić information content (AvgIpc) is 2.69. The van der Waals surface area contributed by atoms with E-state index in [1.807, 2.05) is 24.3 Å². The Kier molecular flexibility index (Phi) is 4.77. The monoisotopic (exact) mass is 324 g/mol. The van der Waals surface area contributed by atoms with Crippen LogP contribution >= 0.6 is 23.4 Å². The number of fused-ring (bicyclic) bond motifs is 2. The smallest absolute Gasteiger partial charge is 0.230 e. The molecule has 1 amide bonds. The van der Waals surface area contributed by atoms with Gasteiger partial charge in [0.15, 0.2) is 0 Å². The van der Waals surface area contributed by atoms with Crippen LogP contribution in [0.3, 0.4) is 0 Å². The zero-order valence-electron chi connectivity index (χ0n) is 12.2. The number of carbonyl (C=O) groups excluding carboxylic acids is 1. The van der Waals surface area contributed by atoms with Crippen LogP contribution in [0.1, 0.15) is 25.7 Å². The van der Waals surface area contributed by atoms with Gasteiger partial charge >= 0.3 is 0 Å². The molecule has 2 heterocycles. The maximum Gasteiger partial charge on any atom is 0.230 e. The Morgan fingerprint density at radius 2 is 1.90 bits per heavy atom. The minimum atomic E-state index is 0.143. The highest BCUT2D eigenvalue weighted by Crippen LogP contribution is 2.34. The fourth-order valence-electron chi connectivity index (χ4n) is 3.48. The highest BCUT2D eigenvalue weighted by atomic mass is 35.5. The Balaban J connectivity index is 1.45. The minimum Gasteiger partial charge on any atom is -0.353 e. The van der Waals surface area contributed by atoms with Crippen LogP contribution in [0.2, 0.25) is 5.02 Å². The molecule has 1 aromatic carbocycles. The summed E-state index contributed by atoms with van der Waals surface area (Å²) in [4.78, 5) is 15.7. The first-order valence-electron chi connectivity index (χ1n) is 7.51. The molecule has 21 heavy (non-hydrogen) atoms. The summed E-state index contributed by atoms with van der Waals surface area (Å²) in [6, 6.07) is 9.31. The van der Waals surface area contributed by atoms with Gasteiger partial charge in [0.1, 0.15) is 0 Å². The molecule has 2 aliphatic rings. The van der Waals surface area contributed by atoms with Gasteiger partial charge in [0.05, 0.1) is 5.75 Å². The van der Waals surface area contributed by atoms with E-state index in [2.05, 4.69) is 17.3 Å². The quantitative estimate of drug-likeness (QED) is 0.863. The van der Waals surface area contributed by atoms with Gasteiger partial charge < -0.3 is 10.2 Å². The third-order valence-electron chi connectivity index (χ3n) is 4.65. The first-order valence-corrected chi connectivity index (χ1v) is 8.88. The summed E-state index contributed by atoms with van der Waals surface area (Å²) < 4.78 is 0. The van der Waals surface area contributed by atoms with Gasteiger partial charge in [-0.2, -0.15) is 0 Å². The number of thioether (sulfide) groups is 1. The molecular formula is C16H21ClN2OS. The molecule has 2 aliphatic heterocycles. The summed E-state index contributed by atoms with van der Waals surface area (Å²) in [7, 11) is 2.22. The summed E-state index contributed by atoms with van der Waals surface area (Å²) in [5.74, 6) is 0.618. The lowest BCUT2D eigenvalue weighted by molar-refractivity contribution is -0.119. The molecule has 2 fully saturated rings. The highest BCUT2D eigenvalue weighted by molar-refractivity contribution is 8.00. The molecule has 1 N–H and O–H groups in total. The second-order valence-corrected chi connectivity index (χ2v) is 7.51. The van der Waals surface area contributed by atoms with E-state index in [0.29, 0.717) is 23.9 Å². The van der Waals surface area contributed by atoms with Crippen molar-refractivity contribution in [3.8, 4) is 0 Å². The molecule has 0 radical (unpaired) electrons. The Labute approximate surface area is 135 Å². The van der Waals surface area contributed by atoms with Gasteiger partial charge in [0.2, 0.25) is 5.91 Å². The Morgan fingerprint density at radius 1 is 1.29 bits per heavy atom. The molecule has 0 aromatic heterocycles. The van der Waals surface area contributed by atoms with Gasteiger partial charge in [-0.05, 0) is 57.0 Å². The van der Waals surface area contributed by atoms with E-state index >= 15 is 0 Å². The second-order valence-electron chi connectivity index (χ2n) is 6.03. The van der Waals surface area contributed by atoms with Gasteiger partial charge in [0, 0.05) is 28.0 Å². The number of benzene rings is 1. The maximum absolute atomic E-state index is 12.1. The van der Waals surface area contributed by atoms with Gasteiger partial charge in [0.25, 0.3) is 0 Å². The normalized spacial score (nSPS) is 28.6. The van der Waals surface area contributed by atoms with Gasteiger partial charge in [-0.3, -0.25) is 4.79 Å². The van der Waals surface area contributed by atoms with Crippen molar-refractivity contribution in [2.45, 2.75) is 48.7 Å². The van der Waals surface area contributed by atoms with E-state index in [1.54, 1.807) is 11.8 Å². The van der Waals surface area contributed by atoms with Gasteiger partial charge in [-0.1, -0.05) is 11.6 Å². The fraction of sp³-hybridized carbons (Fsp3) is 0.562. The van der Waals surface area contributed by atoms with Crippen molar-refractivity contribution in [1.29, 1.82) is 0 Å². The SMILES string of the molecule is CN1[C@@H]2CC[C@@H]1CC(NC(=O)CSc1ccc(Cl)cc1)C2. The first kappa shape index (κ1) is 15.2. The molecule has 0 aliphatic carbocycles. The molecular weight excluding hydrogens is 304 g/mol. The number of amides is 1. The minimum absolute atomic E-state index is 0.143. The van der Waals surface area contributed by atoms with Crippen LogP contribution < -0.4 is 5.32 Å². The van der Waals surface area contributed by atoms with E-state index in [4.69, 9.17) is 11.6 Å². The third kappa shape index (κ3) is 3.74. The van der Waals surface area contributed by atoms with Crippen LogP contribution in [0, 0.1) is 0 Å². The number of hydrogen-bond acceptors (Lipinski definition) is 3. The number of nitrogens with zero attached hydrogens (tertiary/aromatic N) is 1. The topological polar surface area (TPSA) is 32.3 Å². The molecule has 2 bridgehead atoms.